The zero-order chi connectivity index (χ0) is 15.5. The van der Waals surface area contributed by atoms with Crippen LogP contribution in [0.25, 0.3) is 0 Å². The van der Waals surface area contributed by atoms with Gasteiger partial charge in [0.25, 0.3) is 0 Å². The van der Waals surface area contributed by atoms with Gasteiger partial charge in [-0.05, 0) is 24.5 Å². The Kier molecular flexibility index (Phi) is 5.86. The molecule has 112 valence electrons. The van der Waals surface area contributed by atoms with Crippen LogP contribution in [0.15, 0.2) is 17.0 Å². The van der Waals surface area contributed by atoms with E-state index in [1.165, 1.54) is 0 Å². The maximum absolute atomic E-state index is 12.3. The van der Waals surface area contributed by atoms with Gasteiger partial charge < -0.3 is 5.11 Å². The molecule has 0 aliphatic carbocycles. The van der Waals surface area contributed by atoms with Crippen molar-refractivity contribution in [3.63, 3.8) is 0 Å². The number of sulfone groups is 1. The summed E-state index contributed by atoms with van der Waals surface area (Å²) in [5.41, 5.74) is -0.266. The third kappa shape index (κ3) is 4.11. The van der Waals surface area contributed by atoms with Crippen LogP contribution in [0.3, 0.4) is 0 Å². The molecule has 20 heavy (non-hydrogen) atoms. The highest BCUT2D eigenvalue weighted by Crippen LogP contribution is 2.30. The van der Waals surface area contributed by atoms with Crippen LogP contribution in [0.1, 0.15) is 37.0 Å². The Bertz CT molecular complexity index is 611. The van der Waals surface area contributed by atoms with Gasteiger partial charge >= 0.3 is 5.97 Å². The van der Waals surface area contributed by atoms with Crippen LogP contribution >= 0.6 is 23.2 Å². The SMILES string of the molecule is CCCC(C)CS(=O)(=O)c1cc(C(=O)O)c(Cl)cc1Cl. The van der Waals surface area contributed by atoms with E-state index in [9.17, 15) is 13.2 Å². The number of hydrogen-bond acceptors (Lipinski definition) is 3. The fourth-order valence-electron chi connectivity index (χ4n) is 1.97. The van der Waals surface area contributed by atoms with Gasteiger partial charge in [0.1, 0.15) is 0 Å². The lowest BCUT2D eigenvalue weighted by atomic mass is 10.1. The monoisotopic (exact) mass is 338 g/mol. The highest BCUT2D eigenvalue weighted by molar-refractivity contribution is 7.91. The van der Waals surface area contributed by atoms with Gasteiger partial charge in [-0.1, -0.05) is 43.5 Å². The molecule has 1 aromatic carbocycles. The van der Waals surface area contributed by atoms with E-state index >= 15 is 0 Å². The number of hydrogen-bond donors (Lipinski definition) is 1. The minimum absolute atomic E-state index is 0.0231. The van der Waals surface area contributed by atoms with E-state index in [2.05, 4.69) is 0 Å². The summed E-state index contributed by atoms with van der Waals surface area (Å²) in [6.07, 6.45) is 1.65. The van der Waals surface area contributed by atoms with Gasteiger partial charge in [0.15, 0.2) is 9.84 Å². The molecule has 0 amide bonds. The summed E-state index contributed by atoms with van der Waals surface area (Å²) in [6.45, 7) is 3.81. The van der Waals surface area contributed by atoms with Crippen molar-refractivity contribution in [3.8, 4) is 0 Å². The second kappa shape index (κ2) is 6.78. The minimum atomic E-state index is -3.64. The molecule has 0 bridgehead atoms. The molecule has 0 fully saturated rings. The van der Waals surface area contributed by atoms with Crippen molar-refractivity contribution in [2.75, 3.05) is 5.75 Å². The van der Waals surface area contributed by atoms with Crippen molar-refractivity contribution in [2.45, 2.75) is 31.6 Å². The molecule has 0 heterocycles. The first kappa shape index (κ1) is 17.3. The number of halogens is 2. The summed E-state index contributed by atoms with van der Waals surface area (Å²) in [7, 11) is -3.64. The van der Waals surface area contributed by atoms with Crippen molar-refractivity contribution in [2.24, 2.45) is 5.92 Å². The van der Waals surface area contributed by atoms with Crippen LogP contribution in [-0.4, -0.2) is 25.2 Å². The van der Waals surface area contributed by atoms with Crippen molar-refractivity contribution < 1.29 is 18.3 Å². The van der Waals surface area contributed by atoms with Crippen LogP contribution in [0.2, 0.25) is 10.0 Å². The van der Waals surface area contributed by atoms with E-state index in [1.807, 2.05) is 13.8 Å². The summed E-state index contributed by atoms with van der Waals surface area (Å²) < 4.78 is 24.6. The molecule has 1 atom stereocenters. The molecule has 1 N–H and O–H groups in total. The van der Waals surface area contributed by atoms with Crippen LogP contribution in [0.5, 0.6) is 0 Å². The molecule has 0 saturated carbocycles. The van der Waals surface area contributed by atoms with Crippen LogP contribution < -0.4 is 0 Å². The van der Waals surface area contributed by atoms with Gasteiger partial charge in [0.05, 0.1) is 26.3 Å². The van der Waals surface area contributed by atoms with E-state index in [4.69, 9.17) is 28.3 Å². The predicted octanol–water partition coefficient (Wildman–Crippen LogP) is 3.90. The Balaban J connectivity index is 3.24. The lowest BCUT2D eigenvalue weighted by Gasteiger charge is -2.13. The molecule has 0 saturated heterocycles. The Labute approximate surface area is 128 Å². The second-order valence-corrected chi connectivity index (χ2v) is 7.56. The van der Waals surface area contributed by atoms with Crippen LogP contribution in [0, 0.1) is 5.92 Å². The first-order chi connectivity index (χ1) is 9.19. The van der Waals surface area contributed by atoms with E-state index < -0.39 is 15.8 Å². The number of rotatable bonds is 6. The molecular formula is C13H16Cl2O4S. The van der Waals surface area contributed by atoms with Crippen molar-refractivity contribution in [3.05, 3.63) is 27.7 Å². The molecule has 0 aromatic heterocycles. The zero-order valence-electron chi connectivity index (χ0n) is 11.2. The largest absolute Gasteiger partial charge is 0.478 e. The minimum Gasteiger partial charge on any atom is -0.478 e. The average Bonchev–Trinajstić information content (AvgIpc) is 2.27. The zero-order valence-corrected chi connectivity index (χ0v) is 13.5. The first-order valence-electron chi connectivity index (χ1n) is 6.14. The standard InChI is InChI=1S/C13H16Cl2O4S/c1-3-4-8(2)7-20(18,19)12-5-9(13(16)17)10(14)6-11(12)15/h5-6,8H,3-4,7H2,1-2H3,(H,16,17). The first-order valence-corrected chi connectivity index (χ1v) is 8.55. The number of carboxylic acids is 1. The number of benzene rings is 1. The van der Waals surface area contributed by atoms with E-state index in [1.54, 1.807) is 0 Å². The molecule has 1 unspecified atom stereocenters. The lowest BCUT2D eigenvalue weighted by Crippen LogP contribution is -2.15. The van der Waals surface area contributed by atoms with Gasteiger partial charge in [-0.2, -0.15) is 0 Å². The summed E-state index contributed by atoms with van der Waals surface area (Å²) in [4.78, 5) is 10.8. The maximum atomic E-state index is 12.3. The van der Waals surface area contributed by atoms with Gasteiger partial charge in [-0.3, -0.25) is 0 Å². The topological polar surface area (TPSA) is 71.4 Å². The second-order valence-electron chi connectivity index (χ2n) is 4.74. The van der Waals surface area contributed by atoms with Gasteiger partial charge in [-0.25, -0.2) is 13.2 Å². The van der Waals surface area contributed by atoms with E-state index in [0.717, 1.165) is 25.0 Å². The Hall–Kier alpha value is -0.780. The van der Waals surface area contributed by atoms with Crippen LogP contribution in [-0.2, 0) is 9.84 Å². The van der Waals surface area contributed by atoms with Crippen molar-refractivity contribution in [1.82, 2.24) is 0 Å². The van der Waals surface area contributed by atoms with Gasteiger partial charge in [-0.15, -0.1) is 0 Å². The highest BCUT2D eigenvalue weighted by Gasteiger charge is 2.24. The Morgan fingerprint density at radius 1 is 1.30 bits per heavy atom. The molecule has 1 rings (SSSR count). The molecule has 4 nitrogen and oxygen atoms in total. The number of aromatic carboxylic acids is 1. The van der Waals surface area contributed by atoms with Gasteiger partial charge in [0.2, 0.25) is 0 Å². The molecule has 7 heteroatoms. The van der Waals surface area contributed by atoms with E-state index in [0.29, 0.717) is 0 Å². The molecule has 1 aromatic rings. The normalized spacial score (nSPS) is 13.2. The predicted molar refractivity (Wildman–Crippen MR) is 79.5 cm³/mol. The summed E-state index contributed by atoms with van der Waals surface area (Å²) in [5.74, 6) is -1.38. The smallest absolute Gasteiger partial charge is 0.337 e. The summed E-state index contributed by atoms with van der Waals surface area (Å²) in [6, 6.07) is 2.19. The van der Waals surface area contributed by atoms with Crippen molar-refractivity contribution in [1.29, 1.82) is 0 Å². The molecule has 0 spiro atoms. The quantitative estimate of drug-likeness (QED) is 0.853. The number of carbonyl (C=O) groups is 1. The average molecular weight is 339 g/mol. The van der Waals surface area contributed by atoms with E-state index in [-0.39, 0.29) is 32.2 Å². The van der Waals surface area contributed by atoms with Gasteiger partial charge in [0, 0.05) is 0 Å². The fraction of sp³-hybridized carbons (Fsp3) is 0.462. The Morgan fingerprint density at radius 3 is 2.40 bits per heavy atom. The molecule has 0 aliphatic rings. The number of carboxylic acid groups (broad SMARTS) is 1. The lowest BCUT2D eigenvalue weighted by molar-refractivity contribution is 0.0697. The van der Waals surface area contributed by atoms with Crippen LogP contribution in [0.4, 0.5) is 0 Å². The Morgan fingerprint density at radius 2 is 1.90 bits per heavy atom. The highest BCUT2D eigenvalue weighted by atomic mass is 35.5. The molecule has 0 aliphatic heterocycles. The summed E-state index contributed by atoms with van der Waals surface area (Å²) in [5, 5.41) is 8.86. The third-order valence-electron chi connectivity index (χ3n) is 2.87. The molecule has 0 radical (unpaired) electrons. The third-order valence-corrected chi connectivity index (χ3v) is 5.63. The fourth-order valence-corrected chi connectivity index (χ4v) is 4.54. The summed E-state index contributed by atoms with van der Waals surface area (Å²) >= 11 is 11.6. The molecular weight excluding hydrogens is 323 g/mol. The maximum Gasteiger partial charge on any atom is 0.337 e. The van der Waals surface area contributed by atoms with Crippen molar-refractivity contribution >= 4 is 39.0 Å².